The molecule has 0 saturated heterocycles. The summed E-state index contributed by atoms with van der Waals surface area (Å²) in [5, 5.41) is 0. The van der Waals surface area contributed by atoms with E-state index in [1.54, 1.807) is 19.2 Å². The van der Waals surface area contributed by atoms with Crippen LogP contribution in [0, 0.1) is 12.7 Å². The zero-order valence-corrected chi connectivity index (χ0v) is 16.4. The van der Waals surface area contributed by atoms with Crippen LogP contribution in [0.3, 0.4) is 0 Å². The summed E-state index contributed by atoms with van der Waals surface area (Å²) in [6.07, 6.45) is 5.61. The number of pyridine rings is 2. The number of fused-ring (bicyclic) bond motifs is 1. The van der Waals surface area contributed by atoms with E-state index in [2.05, 4.69) is 16.0 Å². The number of imidazole rings is 1. The van der Waals surface area contributed by atoms with Crippen LogP contribution >= 0.6 is 0 Å². The normalized spacial score (nSPS) is 11.1. The van der Waals surface area contributed by atoms with E-state index in [-0.39, 0.29) is 5.82 Å². The molecule has 3 heterocycles. The Morgan fingerprint density at radius 2 is 1.77 bits per heavy atom. The first-order valence-electron chi connectivity index (χ1n) is 9.65. The van der Waals surface area contributed by atoms with Gasteiger partial charge in [0.05, 0.1) is 17.4 Å². The lowest BCUT2D eigenvalue weighted by atomic mass is 9.99. The number of rotatable bonds is 3. The number of aromatic nitrogens is 3. The number of aryl methyl sites for hydroxylation is 1. The minimum atomic E-state index is -0.217. The maximum absolute atomic E-state index is 13.7. The zero-order chi connectivity index (χ0) is 20.7. The van der Waals surface area contributed by atoms with Crippen LogP contribution in [0.5, 0.6) is 0 Å². The monoisotopic (exact) mass is 394 g/mol. The average Bonchev–Trinajstić information content (AvgIpc) is 3.19. The molecule has 0 spiro atoms. The first-order valence-corrected chi connectivity index (χ1v) is 9.65. The van der Waals surface area contributed by atoms with Gasteiger partial charge < -0.3 is 5.73 Å². The van der Waals surface area contributed by atoms with Gasteiger partial charge in [0.15, 0.2) is 0 Å². The number of hydrogen-bond donors (Lipinski definition) is 1. The number of nitrogen functional groups attached to an aromatic ring is 1. The van der Waals surface area contributed by atoms with Gasteiger partial charge in [0, 0.05) is 34.8 Å². The predicted molar refractivity (Wildman–Crippen MR) is 118 cm³/mol. The second kappa shape index (κ2) is 7.12. The number of anilines is 1. The summed E-state index contributed by atoms with van der Waals surface area (Å²) in [5.74, 6) is 0.621. The molecule has 5 heteroatoms. The lowest BCUT2D eigenvalue weighted by Crippen LogP contribution is -1.93. The summed E-state index contributed by atoms with van der Waals surface area (Å²) in [6, 6.07) is 20.8. The molecule has 5 rings (SSSR count). The number of hydrogen-bond acceptors (Lipinski definition) is 3. The molecule has 0 aliphatic carbocycles. The summed E-state index contributed by atoms with van der Waals surface area (Å²) in [5.41, 5.74) is 12.9. The molecule has 0 saturated carbocycles. The van der Waals surface area contributed by atoms with Gasteiger partial charge in [-0.1, -0.05) is 18.2 Å². The molecule has 0 amide bonds. The maximum atomic E-state index is 13.7. The molecule has 2 aromatic carbocycles. The molecule has 0 atom stereocenters. The van der Waals surface area contributed by atoms with E-state index in [1.807, 2.05) is 65.3 Å². The van der Waals surface area contributed by atoms with Gasteiger partial charge in [-0.05, 0) is 66.6 Å². The predicted octanol–water partition coefficient (Wildman–Crippen LogP) is 5.76. The molecule has 0 aliphatic rings. The van der Waals surface area contributed by atoms with Crippen molar-refractivity contribution in [3.63, 3.8) is 0 Å². The van der Waals surface area contributed by atoms with Gasteiger partial charge in [-0.3, -0.25) is 9.38 Å². The van der Waals surface area contributed by atoms with Crippen molar-refractivity contribution in [2.24, 2.45) is 0 Å². The highest BCUT2D eigenvalue weighted by Gasteiger charge is 2.12. The standard InChI is InChI=1S/C25H19FN4/c1-16-12-18(7-8-23(16)26)24-22(6-3-10-28-24)17-9-11-30-21(14-17)15-29-25(30)19-4-2-5-20(27)13-19/h2-15H,27H2,1H3. The fraction of sp³-hybridized carbons (Fsp3) is 0.0400. The van der Waals surface area contributed by atoms with E-state index < -0.39 is 0 Å². The van der Waals surface area contributed by atoms with Crippen LogP contribution in [0.2, 0.25) is 0 Å². The van der Waals surface area contributed by atoms with Gasteiger partial charge in [0.1, 0.15) is 11.6 Å². The van der Waals surface area contributed by atoms with Crippen molar-refractivity contribution >= 4 is 11.2 Å². The maximum Gasteiger partial charge on any atom is 0.144 e. The van der Waals surface area contributed by atoms with Crippen LogP contribution in [0.4, 0.5) is 10.1 Å². The fourth-order valence-corrected chi connectivity index (χ4v) is 3.72. The van der Waals surface area contributed by atoms with E-state index >= 15 is 0 Å². The summed E-state index contributed by atoms with van der Waals surface area (Å²) in [4.78, 5) is 9.17. The van der Waals surface area contributed by atoms with E-state index in [1.165, 1.54) is 6.07 Å². The number of nitrogens with zero attached hydrogens (tertiary/aromatic N) is 3. The van der Waals surface area contributed by atoms with E-state index in [0.29, 0.717) is 11.3 Å². The molecule has 0 unspecified atom stereocenters. The molecular formula is C25H19FN4. The second-order valence-corrected chi connectivity index (χ2v) is 7.28. The number of nitrogens with two attached hydrogens (primary N) is 1. The Hall–Kier alpha value is -3.99. The molecule has 30 heavy (non-hydrogen) atoms. The van der Waals surface area contributed by atoms with Crippen molar-refractivity contribution in [3.05, 3.63) is 96.7 Å². The Kier molecular flexibility index (Phi) is 4.29. The van der Waals surface area contributed by atoms with Gasteiger partial charge >= 0.3 is 0 Å². The molecule has 146 valence electrons. The largest absolute Gasteiger partial charge is 0.399 e. The first-order chi connectivity index (χ1) is 14.6. The third kappa shape index (κ3) is 3.10. The van der Waals surface area contributed by atoms with Gasteiger partial charge in [0.2, 0.25) is 0 Å². The zero-order valence-electron chi connectivity index (χ0n) is 16.4. The summed E-state index contributed by atoms with van der Waals surface area (Å²) < 4.78 is 15.8. The number of halogens is 1. The van der Waals surface area contributed by atoms with E-state index in [9.17, 15) is 4.39 Å². The van der Waals surface area contributed by atoms with Crippen molar-refractivity contribution < 1.29 is 4.39 Å². The molecule has 0 aliphatic heterocycles. The molecule has 4 nitrogen and oxygen atoms in total. The van der Waals surface area contributed by atoms with Crippen LogP contribution in [0.25, 0.3) is 39.3 Å². The molecule has 0 fully saturated rings. The SMILES string of the molecule is Cc1cc(-c2ncccc2-c2ccn3c(-c4cccc(N)c4)ncc3c2)ccc1F. The highest BCUT2D eigenvalue weighted by Crippen LogP contribution is 2.32. The molecule has 0 bridgehead atoms. The Morgan fingerprint density at radius 1 is 0.867 bits per heavy atom. The van der Waals surface area contributed by atoms with Crippen molar-refractivity contribution in [2.75, 3.05) is 5.73 Å². The van der Waals surface area contributed by atoms with Crippen molar-refractivity contribution in [1.82, 2.24) is 14.4 Å². The quantitative estimate of drug-likeness (QED) is 0.396. The molecule has 5 aromatic rings. The molecule has 2 N–H and O–H groups in total. The van der Waals surface area contributed by atoms with E-state index in [4.69, 9.17) is 5.73 Å². The Morgan fingerprint density at radius 3 is 2.60 bits per heavy atom. The highest BCUT2D eigenvalue weighted by molar-refractivity contribution is 5.82. The van der Waals surface area contributed by atoms with Crippen LogP contribution in [0.15, 0.2) is 85.3 Å². The van der Waals surface area contributed by atoms with Crippen LogP contribution in [-0.2, 0) is 0 Å². The first kappa shape index (κ1) is 18.1. The third-order valence-electron chi connectivity index (χ3n) is 5.23. The summed E-state index contributed by atoms with van der Waals surface area (Å²) >= 11 is 0. The minimum Gasteiger partial charge on any atom is -0.399 e. The highest BCUT2D eigenvalue weighted by atomic mass is 19.1. The Balaban J connectivity index is 1.62. The Bertz CT molecular complexity index is 1390. The third-order valence-corrected chi connectivity index (χ3v) is 5.23. The van der Waals surface area contributed by atoms with Gasteiger partial charge in [-0.25, -0.2) is 9.37 Å². The van der Waals surface area contributed by atoms with Crippen molar-refractivity contribution in [3.8, 4) is 33.8 Å². The van der Waals surface area contributed by atoms with Gasteiger partial charge in [0.25, 0.3) is 0 Å². The second-order valence-electron chi connectivity index (χ2n) is 7.28. The van der Waals surface area contributed by atoms with Crippen LogP contribution < -0.4 is 5.73 Å². The summed E-state index contributed by atoms with van der Waals surface area (Å²) in [7, 11) is 0. The van der Waals surface area contributed by atoms with Crippen LogP contribution in [0.1, 0.15) is 5.56 Å². The van der Waals surface area contributed by atoms with Gasteiger partial charge in [-0.2, -0.15) is 0 Å². The fourth-order valence-electron chi connectivity index (χ4n) is 3.72. The van der Waals surface area contributed by atoms with Crippen molar-refractivity contribution in [1.29, 1.82) is 0 Å². The Labute approximate surface area is 173 Å². The van der Waals surface area contributed by atoms with E-state index in [0.717, 1.165) is 39.3 Å². The molecule has 0 radical (unpaired) electrons. The van der Waals surface area contributed by atoms with Crippen LogP contribution in [-0.4, -0.2) is 14.4 Å². The lowest BCUT2D eigenvalue weighted by molar-refractivity contribution is 0.619. The molecular weight excluding hydrogens is 375 g/mol. The summed E-state index contributed by atoms with van der Waals surface area (Å²) in [6.45, 7) is 1.76. The average molecular weight is 394 g/mol. The van der Waals surface area contributed by atoms with Gasteiger partial charge in [-0.15, -0.1) is 0 Å². The topological polar surface area (TPSA) is 56.2 Å². The smallest absolute Gasteiger partial charge is 0.144 e. The number of benzene rings is 2. The lowest BCUT2D eigenvalue weighted by Gasteiger charge is -2.11. The molecule has 3 aromatic heterocycles. The minimum absolute atomic E-state index is 0.217. The van der Waals surface area contributed by atoms with Crippen molar-refractivity contribution in [2.45, 2.75) is 6.92 Å².